The Morgan fingerprint density at radius 3 is 2.71 bits per heavy atom. The lowest BCUT2D eigenvalue weighted by atomic mass is 10.1. The Labute approximate surface area is 107 Å². The minimum Gasteiger partial charge on any atom is -0.375 e. The van der Waals surface area contributed by atoms with Gasteiger partial charge in [0.15, 0.2) is 5.13 Å². The van der Waals surface area contributed by atoms with Gasteiger partial charge in [-0.2, -0.15) is 0 Å². The number of nitrogens with one attached hydrogen (secondary N) is 1. The Hall–Kier alpha value is -1.10. The van der Waals surface area contributed by atoms with Crippen LogP contribution in [0.15, 0.2) is 5.38 Å². The van der Waals surface area contributed by atoms with Gasteiger partial charge in [0.1, 0.15) is 5.69 Å². The van der Waals surface area contributed by atoms with E-state index in [9.17, 15) is 4.79 Å². The van der Waals surface area contributed by atoms with Gasteiger partial charge in [-0.1, -0.05) is 39.0 Å². The standard InChI is InChI=1S/C12H21N3OS/c1-2-3-4-5-6-7-8-14-11(16)10-9-17-12(13)15-10/h9H,2-8H2,1H3,(H2,13,15)(H,14,16). The fourth-order valence-corrected chi connectivity index (χ4v) is 2.13. The number of nitrogen functional groups attached to an aromatic ring is 1. The topological polar surface area (TPSA) is 68.0 Å². The highest BCUT2D eigenvalue weighted by Gasteiger charge is 2.07. The first-order valence-electron chi connectivity index (χ1n) is 6.23. The Kier molecular flexibility index (Phi) is 6.62. The van der Waals surface area contributed by atoms with Gasteiger partial charge in [0.25, 0.3) is 5.91 Å². The fraction of sp³-hybridized carbons (Fsp3) is 0.667. The SMILES string of the molecule is CCCCCCCCNC(=O)c1csc(N)n1. The largest absolute Gasteiger partial charge is 0.375 e. The molecule has 0 aromatic carbocycles. The van der Waals surface area contributed by atoms with Crippen molar-refractivity contribution in [1.82, 2.24) is 10.3 Å². The number of hydrogen-bond acceptors (Lipinski definition) is 4. The van der Waals surface area contributed by atoms with Crippen LogP contribution in [0.25, 0.3) is 0 Å². The van der Waals surface area contributed by atoms with Crippen LogP contribution >= 0.6 is 11.3 Å². The lowest BCUT2D eigenvalue weighted by Crippen LogP contribution is -2.24. The average Bonchev–Trinajstić information content (AvgIpc) is 2.74. The summed E-state index contributed by atoms with van der Waals surface area (Å²) in [5.74, 6) is -0.119. The maximum absolute atomic E-state index is 11.6. The van der Waals surface area contributed by atoms with E-state index in [0.717, 1.165) is 13.0 Å². The quantitative estimate of drug-likeness (QED) is 0.702. The molecule has 0 spiro atoms. The number of aromatic nitrogens is 1. The third-order valence-electron chi connectivity index (χ3n) is 2.57. The van der Waals surface area contributed by atoms with E-state index in [0.29, 0.717) is 10.8 Å². The molecule has 1 aromatic heterocycles. The number of carbonyl (C=O) groups excluding carboxylic acids is 1. The van der Waals surface area contributed by atoms with Gasteiger partial charge in [0.2, 0.25) is 0 Å². The van der Waals surface area contributed by atoms with Gasteiger partial charge in [-0.05, 0) is 6.42 Å². The van der Waals surface area contributed by atoms with E-state index in [1.54, 1.807) is 5.38 Å². The molecule has 4 nitrogen and oxygen atoms in total. The first kappa shape index (κ1) is 14.0. The van der Waals surface area contributed by atoms with Gasteiger partial charge in [-0.15, -0.1) is 11.3 Å². The molecule has 0 aliphatic carbocycles. The molecule has 0 aliphatic heterocycles. The van der Waals surface area contributed by atoms with Crippen molar-refractivity contribution in [2.75, 3.05) is 12.3 Å². The molecular weight excluding hydrogens is 234 g/mol. The van der Waals surface area contributed by atoms with Crippen molar-refractivity contribution < 1.29 is 4.79 Å². The molecule has 1 aromatic rings. The summed E-state index contributed by atoms with van der Waals surface area (Å²) in [6, 6.07) is 0. The van der Waals surface area contributed by atoms with E-state index in [1.807, 2.05) is 0 Å². The van der Waals surface area contributed by atoms with E-state index in [1.165, 1.54) is 43.4 Å². The van der Waals surface area contributed by atoms with Crippen molar-refractivity contribution in [3.8, 4) is 0 Å². The van der Waals surface area contributed by atoms with E-state index in [4.69, 9.17) is 5.73 Å². The third kappa shape index (κ3) is 5.68. The van der Waals surface area contributed by atoms with E-state index < -0.39 is 0 Å². The first-order valence-corrected chi connectivity index (χ1v) is 7.11. The molecule has 0 aliphatic rings. The van der Waals surface area contributed by atoms with Crippen molar-refractivity contribution >= 4 is 22.4 Å². The molecule has 3 N–H and O–H groups in total. The number of nitrogens with zero attached hydrogens (tertiary/aromatic N) is 1. The van der Waals surface area contributed by atoms with Crippen LogP contribution < -0.4 is 11.1 Å². The second-order valence-electron chi connectivity index (χ2n) is 4.09. The molecule has 96 valence electrons. The molecule has 0 radical (unpaired) electrons. The van der Waals surface area contributed by atoms with Crippen molar-refractivity contribution in [3.05, 3.63) is 11.1 Å². The van der Waals surface area contributed by atoms with Crippen molar-refractivity contribution in [2.24, 2.45) is 0 Å². The van der Waals surface area contributed by atoms with Crippen LogP contribution in [0.3, 0.4) is 0 Å². The molecule has 1 rings (SSSR count). The van der Waals surface area contributed by atoms with Gasteiger partial charge < -0.3 is 11.1 Å². The van der Waals surface area contributed by atoms with Crippen LogP contribution in [0.5, 0.6) is 0 Å². The number of anilines is 1. The summed E-state index contributed by atoms with van der Waals surface area (Å²) in [4.78, 5) is 15.5. The predicted octanol–water partition coefficient (Wildman–Crippen LogP) is 2.82. The molecule has 5 heteroatoms. The van der Waals surface area contributed by atoms with Crippen LogP contribution in [0.4, 0.5) is 5.13 Å². The van der Waals surface area contributed by atoms with Crippen molar-refractivity contribution in [1.29, 1.82) is 0 Å². The Morgan fingerprint density at radius 1 is 1.35 bits per heavy atom. The maximum Gasteiger partial charge on any atom is 0.270 e. The highest BCUT2D eigenvalue weighted by Crippen LogP contribution is 2.10. The van der Waals surface area contributed by atoms with Gasteiger partial charge >= 0.3 is 0 Å². The minimum atomic E-state index is -0.119. The van der Waals surface area contributed by atoms with E-state index >= 15 is 0 Å². The summed E-state index contributed by atoms with van der Waals surface area (Å²) in [6.45, 7) is 2.93. The monoisotopic (exact) mass is 255 g/mol. The van der Waals surface area contributed by atoms with Gasteiger partial charge in [-0.3, -0.25) is 4.79 Å². The molecule has 0 unspecified atom stereocenters. The molecule has 0 bridgehead atoms. The summed E-state index contributed by atoms with van der Waals surface area (Å²) in [6.07, 6.45) is 7.35. The number of unbranched alkanes of at least 4 members (excludes halogenated alkanes) is 5. The Morgan fingerprint density at radius 2 is 2.06 bits per heavy atom. The molecule has 0 atom stereocenters. The number of rotatable bonds is 8. The van der Waals surface area contributed by atoms with Crippen molar-refractivity contribution in [2.45, 2.75) is 45.4 Å². The second-order valence-corrected chi connectivity index (χ2v) is 4.98. The zero-order valence-corrected chi connectivity index (χ0v) is 11.2. The van der Waals surface area contributed by atoms with Crippen LogP contribution in [-0.4, -0.2) is 17.4 Å². The van der Waals surface area contributed by atoms with Gasteiger partial charge in [-0.25, -0.2) is 4.98 Å². The first-order chi connectivity index (χ1) is 8.24. The van der Waals surface area contributed by atoms with Gasteiger partial charge in [0.05, 0.1) is 0 Å². The Bertz CT molecular complexity index is 338. The zero-order valence-electron chi connectivity index (χ0n) is 10.4. The van der Waals surface area contributed by atoms with E-state index in [2.05, 4.69) is 17.2 Å². The van der Waals surface area contributed by atoms with Crippen molar-refractivity contribution in [3.63, 3.8) is 0 Å². The lowest BCUT2D eigenvalue weighted by Gasteiger charge is -2.03. The zero-order chi connectivity index (χ0) is 12.5. The molecule has 0 saturated heterocycles. The fourth-order valence-electron chi connectivity index (χ4n) is 1.59. The number of thiazole rings is 1. The Balaban J connectivity index is 2.05. The summed E-state index contributed by atoms with van der Waals surface area (Å²) < 4.78 is 0. The lowest BCUT2D eigenvalue weighted by molar-refractivity contribution is 0.0948. The maximum atomic E-state index is 11.6. The van der Waals surface area contributed by atoms with Crippen LogP contribution in [0.1, 0.15) is 55.9 Å². The van der Waals surface area contributed by atoms with Crippen LogP contribution in [-0.2, 0) is 0 Å². The predicted molar refractivity (Wildman–Crippen MR) is 72.2 cm³/mol. The smallest absolute Gasteiger partial charge is 0.270 e. The van der Waals surface area contributed by atoms with Crippen LogP contribution in [0.2, 0.25) is 0 Å². The number of amides is 1. The van der Waals surface area contributed by atoms with Crippen LogP contribution in [0, 0.1) is 0 Å². The third-order valence-corrected chi connectivity index (χ3v) is 3.24. The number of hydrogen-bond donors (Lipinski definition) is 2. The molecule has 1 heterocycles. The second kappa shape index (κ2) is 8.06. The summed E-state index contributed by atoms with van der Waals surface area (Å²) in [7, 11) is 0. The molecule has 17 heavy (non-hydrogen) atoms. The number of nitrogens with two attached hydrogens (primary N) is 1. The van der Waals surface area contributed by atoms with Gasteiger partial charge in [0, 0.05) is 11.9 Å². The minimum absolute atomic E-state index is 0.119. The summed E-state index contributed by atoms with van der Waals surface area (Å²) in [5.41, 5.74) is 5.90. The number of carbonyl (C=O) groups is 1. The molecule has 0 fully saturated rings. The summed E-state index contributed by atoms with van der Waals surface area (Å²) in [5, 5.41) is 4.98. The summed E-state index contributed by atoms with van der Waals surface area (Å²) >= 11 is 1.29. The highest BCUT2D eigenvalue weighted by atomic mass is 32.1. The normalized spacial score (nSPS) is 10.4. The molecular formula is C12H21N3OS. The average molecular weight is 255 g/mol. The highest BCUT2D eigenvalue weighted by molar-refractivity contribution is 7.13. The van der Waals surface area contributed by atoms with E-state index in [-0.39, 0.29) is 5.91 Å². The molecule has 1 amide bonds. The molecule has 0 saturated carbocycles.